The van der Waals surface area contributed by atoms with Gasteiger partial charge in [-0.15, -0.1) is 0 Å². The van der Waals surface area contributed by atoms with Gasteiger partial charge in [0.2, 0.25) is 10.0 Å². The van der Waals surface area contributed by atoms with Gasteiger partial charge in [0, 0.05) is 10.0 Å². The van der Waals surface area contributed by atoms with E-state index in [2.05, 4.69) is 26.3 Å². The maximum atomic E-state index is 15.0. The van der Waals surface area contributed by atoms with Crippen LogP contribution in [0.5, 0.6) is 0 Å². The van der Waals surface area contributed by atoms with Crippen LogP contribution in [0.2, 0.25) is 0 Å². The number of nitrogens with zero attached hydrogens (tertiary/aromatic N) is 2. The molecule has 0 bridgehead atoms. The van der Waals surface area contributed by atoms with Crippen LogP contribution in [0.3, 0.4) is 0 Å². The second kappa shape index (κ2) is 9.55. The Morgan fingerprint density at radius 2 is 1.65 bits per heavy atom. The van der Waals surface area contributed by atoms with Crippen LogP contribution in [0.1, 0.15) is 16.2 Å². The minimum atomic E-state index is -3.93. The van der Waals surface area contributed by atoms with E-state index in [0.717, 1.165) is 10.8 Å². The number of aromatic nitrogens is 2. The molecule has 0 aliphatic heterocycles. The number of halogens is 2. The molecule has 1 heterocycles. The zero-order valence-electron chi connectivity index (χ0n) is 19.4. The number of anilines is 1. The number of primary sulfonamides is 1. The van der Waals surface area contributed by atoms with Gasteiger partial charge in [0.25, 0.3) is 5.91 Å². The minimum Gasteiger partial charge on any atom is -0.320 e. The molecule has 7 nitrogen and oxygen atoms in total. The van der Waals surface area contributed by atoms with E-state index in [1.807, 2.05) is 24.3 Å². The van der Waals surface area contributed by atoms with Crippen LogP contribution >= 0.6 is 15.9 Å². The summed E-state index contributed by atoms with van der Waals surface area (Å²) < 4.78 is 40.8. The Balaban J connectivity index is 1.49. The quantitative estimate of drug-likeness (QED) is 0.274. The first-order valence-corrected chi connectivity index (χ1v) is 13.4. The van der Waals surface area contributed by atoms with E-state index in [4.69, 9.17) is 5.14 Å². The van der Waals surface area contributed by atoms with Gasteiger partial charge in [0.05, 0.1) is 16.3 Å². The number of hydrogen-bond acceptors (Lipinski definition) is 4. The smallest absolute Gasteiger partial charge is 0.274 e. The summed E-state index contributed by atoms with van der Waals surface area (Å²) in [5.41, 5.74) is 2.32. The SMILES string of the molecule is Cc1cc(C(=O)Nc2ccc(-c3ccccc3S(N)(=O)=O)cc2Br)n(-c2cc3ccccc3cc2F)n1. The molecular weight excluding hydrogens is 559 g/mol. The molecule has 4 aromatic carbocycles. The van der Waals surface area contributed by atoms with E-state index < -0.39 is 21.7 Å². The first kappa shape index (κ1) is 24.8. The lowest BCUT2D eigenvalue weighted by Gasteiger charge is -2.13. The molecule has 10 heteroatoms. The Hall–Kier alpha value is -3.86. The van der Waals surface area contributed by atoms with Crippen molar-refractivity contribution >= 4 is 48.3 Å². The minimum absolute atomic E-state index is 0.00419. The van der Waals surface area contributed by atoms with Gasteiger partial charge in [0.15, 0.2) is 0 Å². The van der Waals surface area contributed by atoms with Crippen LogP contribution in [-0.2, 0) is 10.0 Å². The lowest BCUT2D eigenvalue weighted by molar-refractivity contribution is 0.101. The highest BCUT2D eigenvalue weighted by molar-refractivity contribution is 9.10. The summed E-state index contributed by atoms with van der Waals surface area (Å²) >= 11 is 3.45. The number of aryl methyl sites for hydroxylation is 1. The molecule has 0 aliphatic rings. The number of benzene rings is 4. The fourth-order valence-electron chi connectivity index (χ4n) is 4.13. The predicted octanol–water partition coefficient (Wildman–Crippen LogP) is 5.80. The molecule has 0 spiro atoms. The zero-order chi connectivity index (χ0) is 26.3. The van der Waals surface area contributed by atoms with E-state index in [1.165, 1.54) is 16.8 Å². The van der Waals surface area contributed by atoms with Crippen LogP contribution in [-0.4, -0.2) is 24.1 Å². The van der Waals surface area contributed by atoms with Crippen molar-refractivity contribution in [1.82, 2.24) is 9.78 Å². The van der Waals surface area contributed by atoms with Crippen molar-refractivity contribution in [3.05, 3.63) is 107 Å². The number of carbonyl (C=O) groups is 1. The maximum absolute atomic E-state index is 15.0. The summed E-state index contributed by atoms with van der Waals surface area (Å²) in [6.45, 7) is 1.72. The highest BCUT2D eigenvalue weighted by Gasteiger charge is 2.20. The largest absolute Gasteiger partial charge is 0.320 e. The number of sulfonamides is 1. The van der Waals surface area contributed by atoms with Crippen molar-refractivity contribution < 1.29 is 17.6 Å². The molecule has 0 saturated carbocycles. The molecule has 0 saturated heterocycles. The van der Waals surface area contributed by atoms with E-state index in [1.54, 1.807) is 55.5 Å². The zero-order valence-corrected chi connectivity index (χ0v) is 21.8. The number of nitrogens with one attached hydrogen (secondary N) is 1. The van der Waals surface area contributed by atoms with Crippen molar-refractivity contribution in [2.24, 2.45) is 5.14 Å². The third kappa shape index (κ3) is 4.91. The molecule has 5 aromatic rings. The van der Waals surface area contributed by atoms with Crippen LogP contribution in [0.25, 0.3) is 27.6 Å². The number of hydrogen-bond donors (Lipinski definition) is 2. The van der Waals surface area contributed by atoms with Crippen molar-refractivity contribution in [3.8, 4) is 16.8 Å². The maximum Gasteiger partial charge on any atom is 0.274 e. The highest BCUT2D eigenvalue weighted by atomic mass is 79.9. The number of fused-ring (bicyclic) bond motifs is 1. The standard InChI is InChI=1S/C27H20BrFN4O3S/c1-16-12-25(33(32-16)24-15-18-7-3-2-6-17(18)14-22(24)29)27(34)31-23-11-10-19(13-21(23)28)20-8-4-5-9-26(20)37(30,35)36/h2-15H,1H3,(H,31,34)(H2,30,35,36). The summed E-state index contributed by atoms with van der Waals surface area (Å²) in [5.74, 6) is -0.999. The number of rotatable bonds is 5. The monoisotopic (exact) mass is 578 g/mol. The van der Waals surface area contributed by atoms with E-state index >= 15 is 4.39 Å². The molecule has 3 N–H and O–H groups in total. The second-order valence-corrected chi connectivity index (χ2v) is 10.8. The van der Waals surface area contributed by atoms with Crippen LogP contribution in [0.4, 0.5) is 10.1 Å². The lowest BCUT2D eigenvalue weighted by atomic mass is 10.1. The Kier molecular flexibility index (Phi) is 6.40. The van der Waals surface area contributed by atoms with Crippen LogP contribution < -0.4 is 10.5 Å². The third-order valence-corrected chi connectivity index (χ3v) is 7.45. The summed E-state index contributed by atoms with van der Waals surface area (Å²) in [5, 5.41) is 14.1. The summed E-state index contributed by atoms with van der Waals surface area (Å²) in [6.07, 6.45) is 0. The Morgan fingerprint density at radius 3 is 2.35 bits per heavy atom. The van der Waals surface area contributed by atoms with Gasteiger partial charge < -0.3 is 5.32 Å². The van der Waals surface area contributed by atoms with Gasteiger partial charge in [-0.05, 0) is 75.6 Å². The second-order valence-electron chi connectivity index (χ2n) is 8.42. The third-order valence-electron chi connectivity index (χ3n) is 5.83. The summed E-state index contributed by atoms with van der Waals surface area (Å²) in [6, 6.07) is 23.4. The Morgan fingerprint density at radius 1 is 0.973 bits per heavy atom. The van der Waals surface area contributed by atoms with E-state index in [-0.39, 0.29) is 16.3 Å². The fourth-order valence-corrected chi connectivity index (χ4v) is 5.37. The Labute approximate surface area is 220 Å². The van der Waals surface area contributed by atoms with Crippen LogP contribution in [0.15, 0.2) is 94.3 Å². The number of amides is 1. The molecular formula is C27H20BrFN4O3S. The molecule has 37 heavy (non-hydrogen) atoms. The molecule has 0 fully saturated rings. The first-order chi connectivity index (χ1) is 17.6. The molecule has 1 aromatic heterocycles. The van der Waals surface area contributed by atoms with Crippen molar-refractivity contribution in [3.63, 3.8) is 0 Å². The van der Waals surface area contributed by atoms with Crippen LogP contribution in [0, 0.1) is 12.7 Å². The van der Waals surface area contributed by atoms with E-state index in [9.17, 15) is 13.2 Å². The average molecular weight is 579 g/mol. The van der Waals surface area contributed by atoms with Gasteiger partial charge in [-0.25, -0.2) is 22.6 Å². The molecule has 0 atom stereocenters. The highest BCUT2D eigenvalue weighted by Crippen LogP contribution is 2.33. The average Bonchev–Trinajstić information content (AvgIpc) is 3.25. The molecule has 5 rings (SSSR count). The summed E-state index contributed by atoms with van der Waals surface area (Å²) in [4.78, 5) is 13.3. The normalized spacial score (nSPS) is 11.6. The van der Waals surface area contributed by atoms with Gasteiger partial charge in [-0.3, -0.25) is 4.79 Å². The first-order valence-electron chi connectivity index (χ1n) is 11.1. The van der Waals surface area contributed by atoms with Crippen molar-refractivity contribution in [1.29, 1.82) is 0 Å². The number of nitrogens with two attached hydrogens (primary N) is 1. The fraction of sp³-hybridized carbons (Fsp3) is 0.0370. The van der Waals surface area contributed by atoms with Gasteiger partial charge in [0.1, 0.15) is 17.2 Å². The lowest BCUT2D eigenvalue weighted by Crippen LogP contribution is -2.18. The predicted molar refractivity (Wildman–Crippen MR) is 145 cm³/mol. The van der Waals surface area contributed by atoms with Gasteiger partial charge in [-0.1, -0.05) is 48.5 Å². The summed E-state index contributed by atoms with van der Waals surface area (Å²) in [7, 11) is -3.93. The molecule has 186 valence electrons. The van der Waals surface area contributed by atoms with Crippen molar-refractivity contribution in [2.45, 2.75) is 11.8 Å². The molecule has 0 unspecified atom stereocenters. The molecule has 0 radical (unpaired) electrons. The number of carbonyl (C=O) groups excluding carboxylic acids is 1. The van der Waals surface area contributed by atoms with Gasteiger partial charge >= 0.3 is 0 Å². The Bertz CT molecular complexity index is 1800. The topological polar surface area (TPSA) is 107 Å². The molecule has 1 amide bonds. The van der Waals surface area contributed by atoms with Crippen molar-refractivity contribution in [2.75, 3.05) is 5.32 Å². The molecule has 0 aliphatic carbocycles. The van der Waals surface area contributed by atoms with Gasteiger partial charge in [-0.2, -0.15) is 5.10 Å². The van der Waals surface area contributed by atoms with E-state index in [0.29, 0.717) is 27.0 Å².